The van der Waals surface area contributed by atoms with Crippen LogP contribution in [0.15, 0.2) is 47.5 Å². The molecule has 0 bridgehead atoms. The molecule has 0 unspecified atom stereocenters. The van der Waals surface area contributed by atoms with Crippen LogP contribution >= 0.6 is 11.9 Å². The van der Waals surface area contributed by atoms with Crippen LogP contribution < -0.4 is 21.3 Å². The summed E-state index contributed by atoms with van der Waals surface area (Å²) < 4.78 is 18.9. The molecule has 3 aliphatic heterocycles. The van der Waals surface area contributed by atoms with Crippen LogP contribution in [0.3, 0.4) is 0 Å². The van der Waals surface area contributed by atoms with Crippen molar-refractivity contribution in [2.24, 2.45) is 7.05 Å². The number of nitrogens with one attached hydrogen (secondary N) is 4. The zero-order chi connectivity index (χ0) is 40.9. The molecular formula is C43H55FN10O4S. The van der Waals surface area contributed by atoms with Gasteiger partial charge >= 0.3 is 0 Å². The third-order valence-electron chi connectivity index (χ3n) is 12.4. The van der Waals surface area contributed by atoms with Crippen molar-refractivity contribution in [1.29, 1.82) is 0 Å². The maximum Gasteiger partial charge on any atom is 0.236 e. The van der Waals surface area contributed by atoms with E-state index < -0.39 is 0 Å². The lowest BCUT2D eigenvalue weighted by molar-refractivity contribution is -0.118. The number of anilines is 3. The van der Waals surface area contributed by atoms with Gasteiger partial charge in [0.05, 0.1) is 17.0 Å². The van der Waals surface area contributed by atoms with Gasteiger partial charge in [-0.05, 0) is 124 Å². The largest absolute Gasteiger partial charge is 0.393 e. The Hall–Kier alpha value is -4.64. The number of aliphatic hydroxyl groups excluding tert-OH is 1. The second-order valence-corrected chi connectivity index (χ2v) is 17.9. The minimum absolute atomic E-state index is 0.0359. The molecule has 14 nitrogen and oxygen atoms in total. The molecule has 314 valence electrons. The van der Waals surface area contributed by atoms with Crippen LogP contribution in [0, 0.1) is 5.82 Å². The van der Waals surface area contributed by atoms with Crippen LogP contribution in [-0.2, 0) is 33.4 Å². The summed E-state index contributed by atoms with van der Waals surface area (Å²) in [7, 11) is 1.88. The van der Waals surface area contributed by atoms with Crippen molar-refractivity contribution >= 4 is 58.7 Å². The standard InChI is InChI=1S/C37H43FN10O3S.C6H12O/c1-46-31-18-25(2-3-29(31)33(45-46)42-32(50)4-11-39-22-49)24-5-12-47(13-6-24)21-23-16-26(38)19-28(17-23)52-48-14-7-27(8-15-48)41-36-40-20-30-34(44-36)43-35(51)37(30)9-10-37;7-6-4-2-1-3-5-6/h2-3,16-20,22,24,27H,4-15,21H2,1H3,(H,39,49)(H,42,45,50)(H2,40,41,43,44,51);6-7H,1-5H2. The van der Waals surface area contributed by atoms with Crippen LogP contribution in [0.25, 0.3) is 10.9 Å². The minimum atomic E-state index is -0.379. The Balaban J connectivity index is 0.000000628. The zero-order valence-electron chi connectivity index (χ0n) is 33.7. The van der Waals surface area contributed by atoms with E-state index in [9.17, 15) is 18.8 Å². The molecule has 2 aromatic carbocycles. The van der Waals surface area contributed by atoms with Gasteiger partial charge in [0.1, 0.15) is 11.6 Å². The Bertz CT molecular complexity index is 2140. The minimum Gasteiger partial charge on any atom is -0.393 e. The van der Waals surface area contributed by atoms with E-state index in [1.54, 1.807) is 35.0 Å². The monoisotopic (exact) mass is 826 g/mol. The Morgan fingerprint density at radius 1 is 1.03 bits per heavy atom. The average molecular weight is 827 g/mol. The van der Waals surface area contributed by atoms with Crippen LogP contribution in [0.5, 0.6) is 0 Å². The van der Waals surface area contributed by atoms with Crippen LogP contribution in [0.2, 0.25) is 0 Å². The van der Waals surface area contributed by atoms with E-state index in [0.717, 1.165) is 104 Å². The molecule has 2 aliphatic carbocycles. The Morgan fingerprint density at radius 3 is 2.53 bits per heavy atom. The van der Waals surface area contributed by atoms with Gasteiger partial charge in [-0.15, -0.1) is 0 Å². The normalized spacial score (nSPS) is 19.8. The lowest BCUT2D eigenvalue weighted by atomic mass is 9.89. The summed E-state index contributed by atoms with van der Waals surface area (Å²) in [6.07, 6.45) is 14.0. The Labute approximate surface area is 348 Å². The summed E-state index contributed by atoms with van der Waals surface area (Å²) >= 11 is 1.62. The highest BCUT2D eigenvalue weighted by Gasteiger charge is 2.57. The van der Waals surface area contributed by atoms with Crippen molar-refractivity contribution < 1.29 is 23.9 Å². The lowest BCUT2D eigenvalue weighted by Crippen LogP contribution is -2.36. The second-order valence-electron chi connectivity index (χ2n) is 16.7. The quantitative estimate of drug-likeness (QED) is 0.0662. The molecule has 4 fully saturated rings. The summed E-state index contributed by atoms with van der Waals surface area (Å²) in [5.41, 5.74) is 3.75. The third-order valence-corrected chi connectivity index (χ3v) is 13.5. The molecule has 0 radical (unpaired) electrons. The molecule has 4 aromatic rings. The predicted octanol–water partition coefficient (Wildman–Crippen LogP) is 5.84. The molecular weight excluding hydrogens is 772 g/mol. The number of carbonyl (C=O) groups is 3. The molecule has 2 aromatic heterocycles. The Kier molecular flexibility index (Phi) is 12.8. The first-order chi connectivity index (χ1) is 28.7. The number of piperidine rings is 2. The van der Waals surface area contributed by atoms with E-state index in [1.807, 2.05) is 13.1 Å². The average Bonchev–Trinajstić information content (AvgIpc) is 3.92. The summed E-state index contributed by atoms with van der Waals surface area (Å²) in [6, 6.07) is 12.0. The number of likely N-dealkylation sites (tertiary alicyclic amines) is 1. The molecule has 2 saturated carbocycles. The number of aliphatic hydroxyl groups is 1. The maximum atomic E-state index is 14.9. The summed E-state index contributed by atoms with van der Waals surface area (Å²) in [6.45, 7) is 4.54. The number of halogens is 1. The van der Waals surface area contributed by atoms with Crippen molar-refractivity contribution in [3.8, 4) is 0 Å². The summed E-state index contributed by atoms with van der Waals surface area (Å²) in [5.74, 6) is 1.76. The van der Waals surface area contributed by atoms with Crippen LogP contribution in [0.4, 0.5) is 22.0 Å². The molecule has 3 amide bonds. The fourth-order valence-electron chi connectivity index (χ4n) is 8.88. The van der Waals surface area contributed by atoms with E-state index >= 15 is 0 Å². The van der Waals surface area contributed by atoms with E-state index in [-0.39, 0.29) is 48.2 Å². The molecule has 5 N–H and O–H groups in total. The number of aromatic nitrogens is 4. The van der Waals surface area contributed by atoms with Crippen LogP contribution in [-0.4, -0.2) is 97.2 Å². The van der Waals surface area contributed by atoms with Gasteiger partial charge in [-0.1, -0.05) is 25.3 Å². The maximum absolute atomic E-state index is 14.9. The number of carbonyl (C=O) groups excluding carboxylic acids is 3. The zero-order valence-corrected chi connectivity index (χ0v) is 34.5. The second kappa shape index (κ2) is 18.3. The molecule has 9 rings (SSSR count). The van der Waals surface area contributed by atoms with Crippen molar-refractivity contribution in [3.63, 3.8) is 0 Å². The van der Waals surface area contributed by atoms with Gasteiger partial charge in [-0.3, -0.25) is 24.0 Å². The molecule has 59 heavy (non-hydrogen) atoms. The van der Waals surface area contributed by atoms with Gasteiger partial charge in [-0.2, -0.15) is 10.1 Å². The van der Waals surface area contributed by atoms with Crippen molar-refractivity contribution in [2.75, 3.05) is 48.7 Å². The van der Waals surface area contributed by atoms with Gasteiger partial charge in [0, 0.05) is 67.7 Å². The Morgan fingerprint density at radius 2 is 1.81 bits per heavy atom. The molecule has 2 saturated heterocycles. The number of rotatable bonds is 12. The first-order valence-corrected chi connectivity index (χ1v) is 21.9. The van der Waals surface area contributed by atoms with Gasteiger partial charge in [0.2, 0.25) is 24.2 Å². The highest BCUT2D eigenvalue weighted by atomic mass is 32.2. The fraction of sp³-hybridized carbons (Fsp3) is 0.535. The van der Waals surface area contributed by atoms with E-state index in [0.29, 0.717) is 36.5 Å². The van der Waals surface area contributed by atoms with Gasteiger partial charge in [-0.25, -0.2) is 13.7 Å². The van der Waals surface area contributed by atoms with Gasteiger partial charge in [0.25, 0.3) is 0 Å². The number of hydrogen-bond donors (Lipinski definition) is 5. The van der Waals surface area contributed by atoms with Gasteiger partial charge in [0.15, 0.2) is 5.82 Å². The van der Waals surface area contributed by atoms with Crippen molar-refractivity contribution in [2.45, 2.75) is 112 Å². The highest BCUT2D eigenvalue weighted by molar-refractivity contribution is 7.97. The van der Waals surface area contributed by atoms with E-state index in [2.05, 4.69) is 63.7 Å². The highest BCUT2D eigenvalue weighted by Crippen LogP contribution is 2.54. The van der Waals surface area contributed by atoms with Crippen molar-refractivity contribution in [3.05, 3.63) is 65.1 Å². The van der Waals surface area contributed by atoms with Crippen molar-refractivity contribution in [1.82, 2.24) is 34.3 Å². The number of nitrogens with zero attached hydrogens (tertiary/aromatic N) is 6. The van der Waals surface area contributed by atoms with E-state index in [1.165, 1.54) is 24.8 Å². The molecule has 5 aliphatic rings. The number of hydrogen-bond acceptors (Lipinski definition) is 11. The topological polar surface area (TPSA) is 170 Å². The summed E-state index contributed by atoms with van der Waals surface area (Å²) in [4.78, 5) is 47.5. The molecule has 16 heteroatoms. The lowest BCUT2D eigenvalue weighted by Gasteiger charge is -2.33. The number of aryl methyl sites for hydroxylation is 1. The molecule has 5 heterocycles. The van der Waals surface area contributed by atoms with Gasteiger partial charge < -0.3 is 26.4 Å². The SMILES string of the molecule is Cn1nc(NC(=O)CCNC=O)c2ccc(C3CCN(Cc4cc(F)cc(SN5CCC(Nc6ncc7c(n6)NC(=O)C76CC6)CC5)c4)CC3)cc21.OC1CCCCC1. The smallest absolute Gasteiger partial charge is 0.236 e. The molecule has 0 atom stereocenters. The number of benzene rings is 2. The predicted molar refractivity (Wildman–Crippen MR) is 226 cm³/mol. The van der Waals surface area contributed by atoms with Crippen LogP contribution in [0.1, 0.15) is 99.7 Å². The third kappa shape index (κ3) is 9.88. The number of fused-ring (bicyclic) bond motifs is 3. The molecule has 1 spiro atoms. The first kappa shape index (κ1) is 41.1. The first-order valence-electron chi connectivity index (χ1n) is 21.2. The van der Waals surface area contributed by atoms with E-state index in [4.69, 9.17) is 5.11 Å². The summed E-state index contributed by atoms with van der Waals surface area (Å²) in [5, 5.41) is 26.1. The fourth-order valence-corrected chi connectivity index (χ4v) is 9.94. The number of amides is 3.